The number of carbonyl (C=O) groups excluding carboxylic acids is 2. The molecule has 7 nitrogen and oxygen atoms in total. The maximum atomic E-state index is 14.1. The van der Waals surface area contributed by atoms with Crippen molar-refractivity contribution in [3.63, 3.8) is 0 Å². The largest absolute Gasteiger partial charge is 0.330 e. The minimum atomic E-state index is -0.248. The fourth-order valence-electron chi connectivity index (χ4n) is 6.37. The van der Waals surface area contributed by atoms with Crippen molar-refractivity contribution < 1.29 is 9.59 Å². The lowest BCUT2D eigenvalue weighted by molar-refractivity contribution is 0.0651. The summed E-state index contributed by atoms with van der Waals surface area (Å²) in [7, 11) is 0. The normalized spacial score (nSPS) is 14.3. The molecule has 42 heavy (non-hydrogen) atoms. The van der Waals surface area contributed by atoms with Crippen LogP contribution in [0.5, 0.6) is 0 Å². The number of fused-ring (bicyclic) bond motifs is 4. The van der Waals surface area contributed by atoms with Gasteiger partial charge in [-0.2, -0.15) is 0 Å². The Morgan fingerprint density at radius 2 is 1.33 bits per heavy atom. The van der Waals surface area contributed by atoms with E-state index >= 15 is 0 Å². The van der Waals surface area contributed by atoms with Gasteiger partial charge in [0.1, 0.15) is 5.49 Å². The SMILES string of the molecule is Cc1cc(C)c(N=c2cc3n(c(=O)n2CCCCN2C(=O)c4ccccc4C2=O)CCc2cc(C)c(C)cc2-3)c(C)c1. The van der Waals surface area contributed by atoms with Crippen LogP contribution in [-0.4, -0.2) is 32.4 Å². The van der Waals surface area contributed by atoms with Gasteiger partial charge in [0.25, 0.3) is 11.8 Å². The van der Waals surface area contributed by atoms with Crippen molar-refractivity contribution >= 4 is 17.5 Å². The summed E-state index contributed by atoms with van der Waals surface area (Å²) in [5, 5.41) is 0. The number of nitrogens with zero attached hydrogens (tertiary/aromatic N) is 4. The second-order valence-electron chi connectivity index (χ2n) is 11.7. The highest BCUT2D eigenvalue weighted by Gasteiger charge is 2.34. The molecule has 2 aliphatic rings. The lowest BCUT2D eigenvalue weighted by Crippen LogP contribution is -2.42. The van der Waals surface area contributed by atoms with Gasteiger partial charge in [-0.05, 0) is 99.9 Å². The molecule has 3 heterocycles. The monoisotopic (exact) mass is 560 g/mol. The molecule has 0 unspecified atom stereocenters. The van der Waals surface area contributed by atoms with Gasteiger partial charge in [0.15, 0.2) is 0 Å². The summed E-state index contributed by atoms with van der Waals surface area (Å²) in [4.78, 5) is 46.1. The molecular formula is C35H36N4O3. The minimum absolute atomic E-state index is 0.0849. The first-order valence-corrected chi connectivity index (χ1v) is 14.7. The van der Waals surface area contributed by atoms with Gasteiger partial charge in [0, 0.05) is 31.3 Å². The first kappa shape index (κ1) is 27.6. The average molecular weight is 561 g/mol. The molecule has 0 bridgehead atoms. The van der Waals surface area contributed by atoms with E-state index in [1.165, 1.54) is 27.2 Å². The summed E-state index contributed by atoms with van der Waals surface area (Å²) in [6.45, 7) is 11.8. The summed E-state index contributed by atoms with van der Waals surface area (Å²) in [6.07, 6.45) is 2.01. The Kier molecular flexibility index (Phi) is 7.05. The fraction of sp³-hybridized carbons (Fsp3) is 0.314. The molecule has 2 amide bonds. The topological polar surface area (TPSA) is 76.7 Å². The third-order valence-corrected chi connectivity index (χ3v) is 8.65. The molecule has 0 aliphatic carbocycles. The van der Waals surface area contributed by atoms with E-state index in [4.69, 9.17) is 4.99 Å². The van der Waals surface area contributed by atoms with E-state index in [1.807, 2.05) is 4.57 Å². The average Bonchev–Trinajstić information content (AvgIpc) is 3.19. The van der Waals surface area contributed by atoms with Crippen molar-refractivity contribution in [2.75, 3.05) is 6.54 Å². The van der Waals surface area contributed by atoms with Crippen LogP contribution >= 0.6 is 0 Å². The van der Waals surface area contributed by atoms with Crippen molar-refractivity contribution in [2.24, 2.45) is 4.99 Å². The Hall–Kier alpha value is -4.52. The number of hydrogen-bond acceptors (Lipinski definition) is 4. The lowest BCUT2D eigenvalue weighted by atomic mass is 9.93. The van der Waals surface area contributed by atoms with Crippen molar-refractivity contribution in [1.29, 1.82) is 0 Å². The zero-order valence-corrected chi connectivity index (χ0v) is 25.0. The summed E-state index contributed by atoms with van der Waals surface area (Å²) >= 11 is 0. The third-order valence-electron chi connectivity index (χ3n) is 8.65. The Morgan fingerprint density at radius 1 is 0.714 bits per heavy atom. The maximum Gasteiger partial charge on any atom is 0.330 e. The fourth-order valence-corrected chi connectivity index (χ4v) is 6.37. The molecule has 1 aromatic heterocycles. The quantitative estimate of drug-likeness (QED) is 0.223. The number of hydrogen-bond donors (Lipinski definition) is 0. The molecule has 0 radical (unpaired) electrons. The summed E-state index contributed by atoms with van der Waals surface area (Å²) in [6, 6.07) is 17.7. The number of carbonyl (C=O) groups is 2. The summed E-state index contributed by atoms with van der Waals surface area (Å²) in [5.41, 5.74) is 11.3. The first-order valence-electron chi connectivity index (χ1n) is 14.7. The molecule has 214 valence electrons. The highest BCUT2D eigenvalue weighted by molar-refractivity contribution is 6.21. The predicted octanol–water partition coefficient (Wildman–Crippen LogP) is 5.72. The van der Waals surface area contributed by atoms with Gasteiger partial charge >= 0.3 is 5.69 Å². The molecule has 4 aromatic rings. The van der Waals surface area contributed by atoms with Crippen LogP contribution < -0.4 is 11.2 Å². The molecule has 0 fully saturated rings. The predicted molar refractivity (Wildman–Crippen MR) is 164 cm³/mol. The van der Waals surface area contributed by atoms with E-state index in [1.54, 1.807) is 28.8 Å². The van der Waals surface area contributed by atoms with E-state index in [0.717, 1.165) is 34.5 Å². The maximum absolute atomic E-state index is 14.1. The standard InChI is InChI=1S/C35H36N4O3/c1-21-16-24(4)32(25(5)17-21)36-31-20-30-29-19-23(3)22(2)18-26(29)12-15-37(30)35(42)38(31)13-8-9-14-39-33(40)27-10-6-7-11-28(27)34(39)41/h6-7,10-11,16-20H,8-9,12-15H2,1-5H3. The Balaban J connectivity index is 1.36. The molecule has 0 saturated carbocycles. The Labute approximate surface area is 245 Å². The molecule has 6 rings (SSSR count). The molecule has 3 aromatic carbocycles. The van der Waals surface area contributed by atoms with Crippen LogP contribution in [0, 0.1) is 34.6 Å². The highest BCUT2D eigenvalue weighted by Crippen LogP contribution is 2.30. The number of aryl methyl sites for hydroxylation is 6. The van der Waals surface area contributed by atoms with E-state index < -0.39 is 0 Å². The highest BCUT2D eigenvalue weighted by atomic mass is 16.2. The van der Waals surface area contributed by atoms with E-state index in [0.29, 0.717) is 49.1 Å². The van der Waals surface area contributed by atoms with Crippen molar-refractivity contribution in [2.45, 2.75) is 67.0 Å². The molecule has 2 aliphatic heterocycles. The lowest BCUT2D eigenvalue weighted by Gasteiger charge is -2.24. The minimum Gasteiger partial charge on any atom is -0.293 e. The summed E-state index contributed by atoms with van der Waals surface area (Å²) in [5.74, 6) is -0.496. The van der Waals surface area contributed by atoms with Gasteiger partial charge in [-0.25, -0.2) is 9.79 Å². The van der Waals surface area contributed by atoms with E-state index in [9.17, 15) is 14.4 Å². The number of rotatable bonds is 6. The first-order chi connectivity index (χ1) is 20.1. The van der Waals surface area contributed by atoms with Crippen LogP contribution in [0.1, 0.15) is 66.9 Å². The Morgan fingerprint density at radius 3 is 2.00 bits per heavy atom. The smallest absolute Gasteiger partial charge is 0.293 e. The van der Waals surface area contributed by atoms with Gasteiger partial charge in [0.2, 0.25) is 0 Å². The number of aromatic nitrogens is 2. The molecule has 0 N–H and O–H groups in total. The molecule has 0 atom stereocenters. The zero-order chi connectivity index (χ0) is 29.7. The van der Waals surface area contributed by atoms with Crippen LogP contribution in [-0.2, 0) is 19.5 Å². The number of benzene rings is 3. The van der Waals surface area contributed by atoms with Gasteiger partial charge in [-0.15, -0.1) is 0 Å². The van der Waals surface area contributed by atoms with Gasteiger partial charge < -0.3 is 0 Å². The van der Waals surface area contributed by atoms with Crippen LogP contribution in [0.2, 0.25) is 0 Å². The van der Waals surface area contributed by atoms with Gasteiger partial charge in [-0.1, -0.05) is 35.9 Å². The van der Waals surface area contributed by atoms with Crippen LogP contribution in [0.4, 0.5) is 5.69 Å². The molecule has 7 heteroatoms. The van der Waals surface area contributed by atoms with Crippen LogP contribution in [0.25, 0.3) is 11.3 Å². The number of amides is 2. The third kappa shape index (κ3) is 4.73. The summed E-state index contributed by atoms with van der Waals surface area (Å²) < 4.78 is 3.63. The van der Waals surface area contributed by atoms with Crippen LogP contribution in [0.3, 0.4) is 0 Å². The van der Waals surface area contributed by atoms with E-state index in [2.05, 4.69) is 65.0 Å². The molecule has 0 saturated heterocycles. The molecular weight excluding hydrogens is 524 g/mol. The van der Waals surface area contributed by atoms with Crippen molar-refractivity contribution in [1.82, 2.24) is 14.0 Å². The Bertz CT molecular complexity index is 1850. The van der Waals surface area contributed by atoms with Crippen LogP contribution in [0.15, 0.2) is 64.4 Å². The van der Waals surface area contributed by atoms with E-state index in [-0.39, 0.29) is 17.5 Å². The second-order valence-corrected chi connectivity index (χ2v) is 11.7. The van der Waals surface area contributed by atoms with Crippen molar-refractivity contribution in [3.8, 4) is 11.3 Å². The number of unbranched alkanes of at least 4 members (excludes halogenated alkanes) is 1. The van der Waals surface area contributed by atoms with Gasteiger partial charge in [0.05, 0.1) is 22.5 Å². The second kappa shape index (κ2) is 10.7. The zero-order valence-electron chi connectivity index (χ0n) is 25.0. The van der Waals surface area contributed by atoms with Crippen molar-refractivity contribution in [3.05, 3.63) is 115 Å². The number of imide groups is 1. The van der Waals surface area contributed by atoms with Gasteiger partial charge in [-0.3, -0.25) is 23.6 Å². The molecule has 0 spiro atoms.